The Morgan fingerprint density at radius 2 is 2.00 bits per heavy atom. The minimum absolute atomic E-state index is 0.414. The number of hydrogen-bond acceptors (Lipinski definition) is 3. The first-order chi connectivity index (χ1) is 10.6. The van der Waals surface area contributed by atoms with Crippen molar-refractivity contribution in [1.29, 1.82) is 0 Å². The van der Waals surface area contributed by atoms with Gasteiger partial charge in [0.25, 0.3) is 0 Å². The highest BCUT2D eigenvalue weighted by Gasteiger charge is 2.38. The molecule has 1 aliphatic heterocycles. The van der Waals surface area contributed by atoms with Gasteiger partial charge >= 0.3 is 0 Å². The number of aromatic nitrogens is 2. The van der Waals surface area contributed by atoms with Gasteiger partial charge in [-0.1, -0.05) is 31.2 Å². The van der Waals surface area contributed by atoms with Crippen molar-refractivity contribution >= 4 is 0 Å². The molecule has 0 saturated carbocycles. The highest BCUT2D eigenvalue weighted by Crippen LogP contribution is 2.35. The van der Waals surface area contributed by atoms with Gasteiger partial charge in [-0.25, -0.2) is 0 Å². The molecule has 0 bridgehead atoms. The first-order valence-electron chi connectivity index (χ1n) is 7.89. The molecule has 0 N–H and O–H groups in total. The molecule has 1 fully saturated rings. The number of ether oxygens (including phenoxy) is 1. The molecule has 2 aromatic rings. The molecule has 1 aliphatic rings. The Kier molecular flexibility index (Phi) is 4.32. The van der Waals surface area contributed by atoms with Crippen molar-refractivity contribution in [2.24, 2.45) is 12.5 Å². The van der Waals surface area contributed by atoms with E-state index in [4.69, 9.17) is 4.74 Å². The first kappa shape index (κ1) is 15.3. The standard InChI is InChI=1S/C18H25N3O/c1-18(9-11-22-3)13-21(14-18)12-15-6-4-5-7-16(15)17-8-10-19-20(17)2/h4-8,10H,9,11-14H2,1-3H3. The van der Waals surface area contributed by atoms with E-state index in [2.05, 4.69) is 47.3 Å². The van der Waals surface area contributed by atoms with Crippen LogP contribution in [0.4, 0.5) is 0 Å². The van der Waals surface area contributed by atoms with Gasteiger partial charge < -0.3 is 4.74 Å². The fourth-order valence-electron chi connectivity index (χ4n) is 3.44. The molecule has 0 spiro atoms. The van der Waals surface area contributed by atoms with Crippen molar-refractivity contribution < 1.29 is 4.74 Å². The molecule has 0 amide bonds. The summed E-state index contributed by atoms with van der Waals surface area (Å²) >= 11 is 0. The molecular weight excluding hydrogens is 274 g/mol. The van der Waals surface area contributed by atoms with Crippen molar-refractivity contribution in [2.75, 3.05) is 26.8 Å². The zero-order chi connectivity index (χ0) is 15.6. The Hall–Kier alpha value is -1.65. The predicted octanol–water partition coefficient (Wildman–Crippen LogP) is 2.95. The Bertz CT molecular complexity index is 629. The van der Waals surface area contributed by atoms with Crippen LogP contribution in [0, 0.1) is 5.41 Å². The van der Waals surface area contributed by atoms with Crippen LogP contribution in [-0.2, 0) is 18.3 Å². The molecule has 2 heterocycles. The van der Waals surface area contributed by atoms with E-state index in [1.54, 1.807) is 7.11 Å². The van der Waals surface area contributed by atoms with Gasteiger partial charge in [0, 0.05) is 52.2 Å². The average molecular weight is 299 g/mol. The van der Waals surface area contributed by atoms with Gasteiger partial charge in [0.05, 0.1) is 5.69 Å². The first-order valence-corrected chi connectivity index (χ1v) is 7.89. The van der Waals surface area contributed by atoms with Gasteiger partial charge in [-0.2, -0.15) is 5.10 Å². The van der Waals surface area contributed by atoms with Gasteiger partial charge in [0.2, 0.25) is 0 Å². The quantitative estimate of drug-likeness (QED) is 0.821. The molecule has 0 unspecified atom stereocenters. The maximum atomic E-state index is 5.22. The monoisotopic (exact) mass is 299 g/mol. The summed E-state index contributed by atoms with van der Waals surface area (Å²) in [6, 6.07) is 10.7. The minimum atomic E-state index is 0.414. The van der Waals surface area contributed by atoms with E-state index in [0.29, 0.717) is 5.41 Å². The maximum Gasteiger partial charge on any atom is 0.0682 e. The fraction of sp³-hybridized carbons (Fsp3) is 0.500. The van der Waals surface area contributed by atoms with Crippen molar-refractivity contribution in [3.8, 4) is 11.3 Å². The number of likely N-dealkylation sites (tertiary alicyclic amines) is 1. The zero-order valence-electron chi connectivity index (χ0n) is 13.7. The number of benzene rings is 1. The lowest BCUT2D eigenvalue weighted by Crippen LogP contribution is -2.54. The van der Waals surface area contributed by atoms with Gasteiger partial charge in [0.15, 0.2) is 0 Å². The molecule has 0 radical (unpaired) electrons. The van der Waals surface area contributed by atoms with Gasteiger partial charge in [-0.3, -0.25) is 9.58 Å². The van der Waals surface area contributed by atoms with Crippen LogP contribution in [0.1, 0.15) is 18.9 Å². The summed E-state index contributed by atoms with van der Waals surface area (Å²) in [5, 5.41) is 4.29. The van der Waals surface area contributed by atoms with E-state index in [-0.39, 0.29) is 0 Å². The van der Waals surface area contributed by atoms with E-state index >= 15 is 0 Å². The Labute approximate surface area is 132 Å². The number of methoxy groups -OCH3 is 1. The molecule has 1 saturated heterocycles. The lowest BCUT2D eigenvalue weighted by atomic mass is 9.79. The molecule has 1 aromatic carbocycles. The second-order valence-corrected chi connectivity index (χ2v) is 6.70. The van der Waals surface area contributed by atoms with Gasteiger partial charge in [0.1, 0.15) is 0 Å². The van der Waals surface area contributed by atoms with E-state index < -0.39 is 0 Å². The molecule has 0 aliphatic carbocycles. The summed E-state index contributed by atoms with van der Waals surface area (Å²) in [4.78, 5) is 2.52. The molecule has 1 aromatic heterocycles. The molecular formula is C18H25N3O. The predicted molar refractivity (Wildman–Crippen MR) is 88.5 cm³/mol. The third-order valence-electron chi connectivity index (χ3n) is 4.63. The third-order valence-corrected chi connectivity index (χ3v) is 4.63. The molecule has 118 valence electrons. The highest BCUT2D eigenvalue weighted by atomic mass is 16.5. The second kappa shape index (κ2) is 6.23. The number of hydrogen-bond donors (Lipinski definition) is 0. The smallest absolute Gasteiger partial charge is 0.0682 e. The fourth-order valence-corrected chi connectivity index (χ4v) is 3.44. The zero-order valence-corrected chi connectivity index (χ0v) is 13.7. The molecule has 0 atom stereocenters. The Morgan fingerprint density at radius 3 is 2.68 bits per heavy atom. The van der Waals surface area contributed by atoms with E-state index in [0.717, 1.165) is 32.7 Å². The van der Waals surface area contributed by atoms with Crippen LogP contribution in [0.5, 0.6) is 0 Å². The maximum absolute atomic E-state index is 5.22. The van der Waals surface area contributed by atoms with Crippen molar-refractivity contribution in [3.63, 3.8) is 0 Å². The number of nitrogens with zero attached hydrogens (tertiary/aromatic N) is 3. The summed E-state index contributed by atoms with van der Waals surface area (Å²) in [5.41, 5.74) is 4.25. The molecule has 3 rings (SSSR count). The second-order valence-electron chi connectivity index (χ2n) is 6.70. The minimum Gasteiger partial charge on any atom is -0.385 e. The van der Waals surface area contributed by atoms with Crippen LogP contribution >= 0.6 is 0 Å². The van der Waals surface area contributed by atoms with Crippen molar-refractivity contribution in [2.45, 2.75) is 19.9 Å². The normalized spacial score (nSPS) is 17.4. The van der Waals surface area contributed by atoms with E-state index in [1.807, 2.05) is 17.9 Å². The lowest BCUT2D eigenvalue weighted by Gasteiger charge is -2.48. The third kappa shape index (κ3) is 3.08. The summed E-state index contributed by atoms with van der Waals surface area (Å²) < 4.78 is 7.16. The van der Waals surface area contributed by atoms with E-state index in [9.17, 15) is 0 Å². The van der Waals surface area contributed by atoms with Crippen LogP contribution in [0.2, 0.25) is 0 Å². The number of rotatable bonds is 6. The summed E-state index contributed by atoms with van der Waals surface area (Å²) in [7, 11) is 3.78. The topological polar surface area (TPSA) is 30.3 Å². The van der Waals surface area contributed by atoms with Crippen molar-refractivity contribution in [1.82, 2.24) is 14.7 Å². The van der Waals surface area contributed by atoms with Crippen LogP contribution < -0.4 is 0 Å². The number of aryl methyl sites for hydroxylation is 1. The van der Waals surface area contributed by atoms with E-state index in [1.165, 1.54) is 16.8 Å². The van der Waals surface area contributed by atoms with Crippen LogP contribution in [0.3, 0.4) is 0 Å². The molecule has 4 nitrogen and oxygen atoms in total. The van der Waals surface area contributed by atoms with Crippen LogP contribution in [0.15, 0.2) is 36.5 Å². The SMILES string of the molecule is COCCC1(C)CN(Cc2ccccc2-c2ccnn2C)C1. The largest absolute Gasteiger partial charge is 0.385 e. The summed E-state index contributed by atoms with van der Waals surface area (Å²) in [5.74, 6) is 0. The average Bonchev–Trinajstić information content (AvgIpc) is 2.90. The van der Waals surface area contributed by atoms with Crippen LogP contribution in [0.25, 0.3) is 11.3 Å². The van der Waals surface area contributed by atoms with Gasteiger partial charge in [-0.05, 0) is 23.5 Å². The summed E-state index contributed by atoms with van der Waals surface area (Å²) in [6.45, 7) is 6.52. The Morgan fingerprint density at radius 1 is 1.23 bits per heavy atom. The molecule has 4 heteroatoms. The van der Waals surface area contributed by atoms with Crippen molar-refractivity contribution in [3.05, 3.63) is 42.1 Å². The van der Waals surface area contributed by atoms with Crippen LogP contribution in [-0.4, -0.2) is 41.5 Å². The van der Waals surface area contributed by atoms with Gasteiger partial charge in [-0.15, -0.1) is 0 Å². The summed E-state index contributed by atoms with van der Waals surface area (Å²) in [6.07, 6.45) is 3.00. The highest BCUT2D eigenvalue weighted by molar-refractivity contribution is 5.63. The molecule has 22 heavy (non-hydrogen) atoms. The Balaban J connectivity index is 1.69. The lowest BCUT2D eigenvalue weighted by molar-refractivity contribution is -0.0134.